The molecule has 0 bridgehead atoms. The van der Waals surface area contributed by atoms with Crippen molar-refractivity contribution in [1.82, 2.24) is 19.9 Å². The lowest BCUT2D eigenvalue weighted by molar-refractivity contribution is -0.137. The van der Waals surface area contributed by atoms with Crippen LogP contribution in [0.2, 0.25) is 0 Å². The molecule has 8 nitrogen and oxygen atoms in total. The fourth-order valence-corrected chi connectivity index (χ4v) is 3.87. The predicted octanol–water partition coefficient (Wildman–Crippen LogP) is 3.24. The molecule has 12 heteroatoms. The molecule has 35 heavy (non-hydrogen) atoms. The maximum atomic E-state index is 13.4. The third kappa shape index (κ3) is 5.59. The van der Waals surface area contributed by atoms with Crippen LogP contribution in [0.4, 0.5) is 35.3 Å². The van der Waals surface area contributed by atoms with Gasteiger partial charge in [0, 0.05) is 51.0 Å². The summed E-state index contributed by atoms with van der Waals surface area (Å²) in [5, 5.41) is 9.42. The van der Waals surface area contributed by atoms with Crippen molar-refractivity contribution >= 4 is 17.7 Å². The second kappa shape index (κ2) is 10.4. The van der Waals surface area contributed by atoms with Crippen LogP contribution >= 0.6 is 0 Å². The number of aliphatic hydroxyl groups is 1. The minimum atomic E-state index is -4.50. The van der Waals surface area contributed by atoms with Crippen LogP contribution < -0.4 is 14.7 Å². The average Bonchev–Trinajstić information content (AvgIpc) is 2.87. The second-order valence-corrected chi connectivity index (χ2v) is 7.92. The van der Waals surface area contributed by atoms with E-state index in [4.69, 9.17) is 0 Å². The van der Waals surface area contributed by atoms with Crippen molar-refractivity contribution in [3.63, 3.8) is 0 Å². The maximum absolute atomic E-state index is 13.4. The van der Waals surface area contributed by atoms with Crippen LogP contribution in [-0.4, -0.2) is 70.9 Å². The molecular formula is C23H25F4N7O. The topological polar surface area (TPSA) is 81.5 Å². The van der Waals surface area contributed by atoms with Crippen LogP contribution in [0.1, 0.15) is 12.5 Å². The first-order valence-corrected chi connectivity index (χ1v) is 11.2. The van der Waals surface area contributed by atoms with Crippen molar-refractivity contribution in [3.05, 3.63) is 54.0 Å². The molecule has 1 aromatic carbocycles. The van der Waals surface area contributed by atoms with Crippen LogP contribution in [0.25, 0.3) is 11.4 Å². The first-order chi connectivity index (χ1) is 16.8. The van der Waals surface area contributed by atoms with E-state index in [1.807, 2.05) is 11.8 Å². The van der Waals surface area contributed by atoms with E-state index in [1.54, 1.807) is 21.9 Å². The number of piperazine rings is 1. The number of aromatic nitrogens is 4. The zero-order valence-corrected chi connectivity index (χ0v) is 19.1. The van der Waals surface area contributed by atoms with Gasteiger partial charge in [-0.25, -0.2) is 9.37 Å². The van der Waals surface area contributed by atoms with Gasteiger partial charge in [-0.15, -0.1) is 0 Å². The van der Waals surface area contributed by atoms with E-state index in [-0.39, 0.29) is 18.2 Å². The summed E-state index contributed by atoms with van der Waals surface area (Å²) in [6, 6.07) is 8.07. The molecule has 0 unspecified atom stereocenters. The Bertz CT molecular complexity index is 1140. The lowest BCUT2D eigenvalue weighted by Gasteiger charge is -2.36. The molecule has 1 aliphatic heterocycles. The molecule has 3 heterocycles. The second-order valence-electron chi connectivity index (χ2n) is 7.92. The Kier molecular flexibility index (Phi) is 7.29. The van der Waals surface area contributed by atoms with Gasteiger partial charge >= 0.3 is 6.18 Å². The van der Waals surface area contributed by atoms with Gasteiger partial charge in [0.05, 0.1) is 12.2 Å². The fraction of sp³-hybridized carbons (Fsp3) is 0.391. The van der Waals surface area contributed by atoms with Crippen molar-refractivity contribution in [1.29, 1.82) is 0 Å². The molecule has 4 rings (SSSR count). The highest BCUT2D eigenvalue weighted by atomic mass is 19.4. The van der Waals surface area contributed by atoms with E-state index >= 15 is 0 Å². The molecule has 0 aliphatic carbocycles. The van der Waals surface area contributed by atoms with Crippen molar-refractivity contribution < 1.29 is 22.7 Å². The van der Waals surface area contributed by atoms with Gasteiger partial charge < -0.3 is 19.8 Å². The number of likely N-dealkylation sites (N-methyl/N-ethyl adjacent to an activating group) is 1. The molecular weight excluding hydrogens is 466 g/mol. The van der Waals surface area contributed by atoms with Gasteiger partial charge in [0.2, 0.25) is 11.9 Å². The van der Waals surface area contributed by atoms with Gasteiger partial charge in [-0.2, -0.15) is 28.1 Å². The first-order valence-electron chi connectivity index (χ1n) is 11.2. The molecule has 1 aliphatic rings. The van der Waals surface area contributed by atoms with Gasteiger partial charge in [0.25, 0.3) is 0 Å². The number of anilines is 3. The highest BCUT2D eigenvalue weighted by molar-refractivity contribution is 5.59. The number of alkyl halides is 3. The zero-order valence-electron chi connectivity index (χ0n) is 19.1. The normalized spacial score (nSPS) is 14.3. The molecule has 0 amide bonds. The van der Waals surface area contributed by atoms with Gasteiger partial charge in [0.1, 0.15) is 11.6 Å². The van der Waals surface area contributed by atoms with Gasteiger partial charge in [0.15, 0.2) is 5.82 Å². The summed E-state index contributed by atoms with van der Waals surface area (Å²) in [5.41, 5.74) is -0.171. The summed E-state index contributed by atoms with van der Waals surface area (Å²) >= 11 is 0. The van der Waals surface area contributed by atoms with E-state index in [0.717, 1.165) is 6.07 Å². The summed E-state index contributed by atoms with van der Waals surface area (Å²) in [6.45, 7) is 3.99. The van der Waals surface area contributed by atoms with E-state index in [9.17, 15) is 22.7 Å². The molecule has 0 atom stereocenters. The summed E-state index contributed by atoms with van der Waals surface area (Å²) < 4.78 is 53.8. The molecule has 186 valence electrons. The number of nitrogens with zero attached hydrogens (tertiary/aromatic N) is 7. The number of halogens is 4. The van der Waals surface area contributed by atoms with E-state index in [1.165, 1.54) is 24.4 Å². The largest absolute Gasteiger partial charge is 0.419 e. The molecule has 0 saturated carbocycles. The molecule has 0 spiro atoms. The van der Waals surface area contributed by atoms with E-state index in [0.29, 0.717) is 62.6 Å². The highest BCUT2D eigenvalue weighted by Crippen LogP contribution is 2.35. The van der Waals surface area contributed by atoms with Crippen LogP contribution in [-0.2, 0) is 6.18 Å². The number of hydrogen-bond donors (Lipinski definition) is 1. The number of rotatable bonds is 7. The van der Waals surface area contributed by atoms with Crippen LogP contribution in [0, 0.1) is 5.82 Å². The van der Waals surface area contributed by atoms with Crippen molar-refractivity contribution in [3.8, 4) is 11.4 Å². The predicted molar refractivity (Wildman–Crippen MR) is 124 cm³/mol. The Morgan fingerprint density at radius 1 is 0.971 bits per heavy atom. The summed E-state index contributed by atoms with van der Waals surface area (Å²) in [4.78, 5) is 22.9. The molecule has 1 fully saturated rings. The Morgan fingerprint density at radius 3 is 2.29 bits per heavy atom. The van der Waals surface area contributed by atoms with E-state index < -0.39 is 11.7 Å². The smallest absolute Gasteiger partial charge is 0.395 e. The monoisotopic (exact) mass is 491 g/mol. The van der Waals surface area contributed by atoms with Crippen LogP contribution in [0.5, 0.6) is 0 Å². The van der Waals surface area contributed by atoms with E-state index in [2.05, 4.69) is 19.9 Å². The third-order valence-corrected chi connectivity index (χ3v) is 5.70. The van der Waals surface area contributed by atoms with Crippen molar-refractivity contribution in [2.45, 2.75) is 13.1 Å². The SMILES string of the molecule is CCN(CCO)c1nc(-c2ccc(F)cc2)nc(N2CCN(c3ncccc3C(F)(F)F)CC2)n1. The van der Waals surface area contributed by atoms with Gasteiger partial charge in [-0.1, -0.05) is 0 Å². The highest BCUT2D eigenvalue weighted by Gasteiger charge is 2.36. The number of aliphatic hydroxyl groups excluding tert-OH is 1. The molecule has 1 N–H and O–H groups in total. The Balaban J connectivity index is 1.61. The van der Waals surface area contributed by atoms with Crippen LogP contribution in [0.3, 0.4) is 0 Å². The van der Waals surface area contributed by atoms with Crippen LogP contribution in [0.15, 0.2) is 42.6 Å². The maximum Gasteiger partial charge on any atom is 0.419 e. The summed E-state index contributed by atoms with van der Waals surface area (Å²) in [7, 11) is 0. The third-order valence-electron chi connectivity index (χ3n) is 5.70. The minimum absolute atomic E-state index is 0.0922. The summed E-state index contributed by atoms with van der Waals surface area (Å²) in [6.07, 6.45) is -3.14. The molecule has 1 saturated heterocycles. The minimum Gasteiger partial charge on any atom is -0.395 e. The Hall–Kier alpha value is -3.54. The first kappa shape index (κ1) is 24.6. The Morgan fingerprint density at radius 2 is 1.66 bits per heavy atom. The number of pyridine rings is 1. The summed E-state index contributed by atoms with van der Waals surface area (Å²) in [5.74, 6) is 0.582. The fourth-order valence-electron chi connectivity index (χ4n) is 3.87. The molecule has 0 radical (unpaired) electrons. The number of hydrogen-bond acceptors (Lipinski definition) is 8. The lowest BCUT2D eigenvalue weighted by Crippen LogP contribution is -2.48. The van der Waals surface area contributed by atoms with Gasteiger partial charge in [-0.3, -0.25) is 0 Å². The molecule has 3 aromatic rings. The zero-order chi connectivity index (χ0) is 25.0. The van der Waals surface area contributed by atoms with Gasteiger partial charge in [-0.05, 0) is 43.3 Å². The lowest BCUT2D eigenvalue weighted by atomic mass is 10.2. The standard InChI is InChI=1S/C23H25F4N7O/c1-2-32(14-15-35)21-29-19(16-5-7-17(24)8-6-16)30-22(31-21)34-12-10-33(11-13-34)20-18(23(25,26)27)4-3-9-28-20/h3-9,35H,2,10-15H2,1H3. The number of benzene rings is 1. The quantitative estimate of drug-likeness (QED) is 0.505. The Labute approximate surface area is 199 Å². The average molecular weight is 491 g/mol. The van der Waals surface area contributed by atoms with Crippen molar-refractivity contribution in [2.24, 2.45) is 0 Å². The van der Waals surface area contributed by atoms with Crippen molar-refractivity contribution in [2.75, 3.05) is 60.6 Å². The molecule has 2 aromatic heterocycles.